The fourth-order valence-corrected chi connectivity index (χ4v) is 3.59. The topological polar surface area (TPSA) is 70.0 Å². The van der Waals surface area contributed by atoms with Crippen molar-refractivity contribution in [3.63, 3.8) is 0 Å². The maximum atomic E-state index is 13.4. The highest BCUT2D eigenvalue weighted by atomic mass is 127. The van der Waals surface area contributed by atoms with E-state index in [4.69, 9.17) is 4.99 Å². The van der Waals surface area contributed by atoms with E-state index in [1.807, 2.05) is 49.8 Å². The molecule has 6 nitrogen and oxygen atoms in total. The number of halogens is 2. The van der Waals surface area contributed by atoms with Gasteiger partial charge in [-0.2, -0.15) is 0 Å². The van der Waals surface area contributed by atoms with Crippen molar-refractivity contribution < 1.29 is 4.39 Å². The molecule has 0 aliphatic rings. The van der Waals surface area contributed by atoms with Crippen LogP contribution in [0.25, 0.3) is 10.9 Å². The normalized spacial score (nSPS) is 11.4. The lowest BCUT2D eigenvalue weighted by Crippen LogP contribution is -2.38. The van der Waals surface area contributed by atoms with Gasteiger partial charge < -0.3 is 20.2 Å². The number of H-pyrrole nitrogens is 1. The molecule has 0 unspecified atom stereocenters. The molecule has 4 rings (SSSR count). The summed E-state index contributed by atoms with van der Waals surface area (Å²) >= 11 is 0. The van der Waals surface area contributed by atoms with Gasteiger partial charge in [-0.1, -0.05) is 30.3 Å². The van der Waals surface area contributed by atoms with Crippen molar-refractivity contribution >= 4 is 40.8 Å². The first kappa shape index (κ1) is 23.8. The van der Waals surface area contributed by atoms with Gasteiger partial charge in [-0.15, -0.1) is 24.0 Å². The lowest BCUT2D eigenvalue weighted by molar-refractivity contribution is 0.629. The Kier molecular flexibility index (Phi) is 8.66. The van der Waals surface area contributed by atoms with E-state index in [0.717, 1.165) is 47.8 Å². The van der Waals surface area contributed by atoms with E-state index < -0.39 is 0 Å². The van der Waals surface area contributed by atoms with Crippen molar-refractivity contribution in [2.45, 2.75) is 26.4 Å². The van der Waals surface area contributed by atoms with Crippen molar-refractivity contribution in [3.05, 3.63) is 89.9 Å². The molecule has 0 aliphatic carbocycles. The lowest BCUT2D eigenvalue weighted by atomic mass is 10.1. The average molecular weight is 546 g/mol. The van der Waals surface area contributed by atoms with Gasteiger partial charge in [0.1, 0.15) is 18.2 Å². The molecular weight excluding hydrogens is 518 g/mol. The van der Waals surface area contributed by atoms with Crippen LogP contribution in [-0.2, 0) is 19.5 Å². The van der Waals surface area contributed by atoms with E-state index in [-0.39, 0.29) is 29.8 Å². The molecule has 0 amide bonds. The zero-order valence-corrected chi connectivity index (χ0v) is 20.3. The maximum absolute atomic E-state index is 13.4. The van der Waals surface area contributed by atoms with Crippen LogP contribution in [0.15, 0.2) is 72.1 Å². The lowest BCUT2D eigenvalue weighted by Gasteiger charge is -2.12. The Morgan fingerprint density at radius 2 is 2.00 bits per heavy atom. The SMILES string of the molecule is CCNC(=NCc1nccn1Cc1ccccc1)NCCc1c[nH]c2cc(F)ccc12.I. The predicted octanol–water partition coefficient (Wildman–Crippen LogP) is 4.47. The van der Waals surface area contributed by atoms with Crippen LogP contribution in [0.3, 0.4) is 0 Å². The van der Waals surface area contributed by atoms with Crippen molar-refractivity contribution in [2.24, 2.45) is 4.99 Å². The van der Waals surface area contributed by atoms with E-state index in [9.17, 15) is 4.39 Å². The molecule has 168 valence electrons. The summed E-state index contributed by atoms with van der Waals surface area (Å²) in [6, 6.07) is 15.2. The molecule has 2 aromatic carbocycles. The van der Waals surface area contributed by atoms with Crippen molar-refractivity contribution in [2.75, 3.05) is 13.1 Å². The molecule has 0 saturated heterocycles. The summed E-state index contributed by atoms with van der Waals surface area (Å²) in [5.41, 5.74) is 3.20. The molecule has 2 heterocycles. The van der Waals surface area contributed by atoms with Gasteiger partial charge in [0.2, 0.25) is 0 Å². The van der Waals surface area contributed by atoms with E-state index in [1.54, 1.807) is 0 Å². The van der Waals surface area contributed by atoms with Crippen LogP contribution in [0.1, 0.15) is 23.9 Å². The number of benzene rings is 2. The maximum Gasteiger partial charge on any atom is 0.191 e. The summed E-state index contributed by atoms with van der Waals surface area (Å²) in [7, 11) is 0. The second-order valence-electron chi connectivity index (χ2n) is 7.33. The number of imidazole rings is 1. The molecule has 3 N–H and O–H groups in total. The standard InChI is InChI=1S/C24H27FN6.HI/c1-2-26-24(28-11-10-19-15-29-22-14-20(25)8-9-21(19)22)30-16-23-27-12-13-31(23)17-18-6-4-3-5-7-18;/h3-9,12-15,29H,2,10-11,16-17H2,1H3,(H2,26,28,30);1H. The van der Waals surface area contributed by atoms with Crippen LogP contribution >= 0.6 is 24.0 Å². The molecule has 32 heavy (non-hydrogen) atoms. The van der Waals surface area contributed by atoms with E-state index in [2.05, 4.69) is 37.3 Å². The molecule has 0 fully saturated rings. The summed E-state index contributed by atoms with van der Waals surface area (Å²) < 4.78 is 15.5. The molecule has 0 bridgehead atoms. The Hall–Kier alpha value is -2.88. The zero-order chi connectivity index (χ0) is 21.5. The van der Waals surface area contributed by atoms with Gasteiger partial charge in [0.15, 0.2) is 5.96 Å². The summed E-state index contributed by atoms with van der Waals surface area (Å²) in [4.78, 5) is 12.3. The minimum absolute atomic E-state index is 0. The minimum Gasteiger partial charge on any atom is -0.361 e. The van der Waals surface area contributed by atoms with Crippen LogP contribution in [0.2, 0.25) is 0 Å². The minimum atomic E-state index is -0.230. The number of guanidine groups is 1. The third-order valence-corrected chi connectivity index (χ3v) is 5.14. The number of fused-ring (bicyclic) bond motifs is 1. The van der Waals surface area contributed by atoms with Crippen LogP contribution < -0.4 is 10.6 Å². The van der Waals surface area contributed by atoms with Gasteiger partial charge in [-0.3, -0.25) is 0 Å². The molecule has 0 atom stereocenters. The first-order valence-corrected chi connectivity index (χ1v) is 10.5. The fraction of sp³-hybridized carbons (Fsp3) is 0.250. The second kappa shape index (κ2) is 11.7. The van der Waals surface area contributed by atoms with Gasteiger partial charge in [-0.25, -0.2) is 14.4 Å². The van der Waals surface area contributed by atoms with E-state index in [0.29, 0.717) is 13.1 Å². The third kappa shape index (κ3) is 6.09. The molecular formula is C24H28FIN6. The van der Waals surface area contributed by atoms with E-state index in [1.165, 1.54) is 17.7 Å². The largest absolute Gasteiger partial charge is 0.361 e. The number of hydrogen-bond donors (Lipinski definition) is 3. The Morgan fingerprint density at radius 3 is 2.81 bits per heavy atom. The number of rotatable bonds is 8. The van der Waals surface area contributed by atoms with Crippen molar-refractivity contribution in [3.8, 4) is 0 Å². The number of aromatic amines is 1. The summed E-state index contributed by atoms with van der Waals surface area (Å²) in [5.74, 6) is 1.44. The van der Waals surface area contributed by atoms with Crippen LogP contribution in [0.5, 0.6) is 0 Å². The van der Waals surface area contributed by atoms with Gasteiger partial charge in [0, 0.05) is 49.1 Å². The Morgan fingerprint density at radius 1 is 1.16 bits per heavy atom. The molecule has 0 aliphatic heterocycles. The fourth-order valence-electron chi connectivity index (χ4n) is 3.59. The Balaban J connectivity index is 0.00000289. The molecule has 2 aromatic heterocycles. The predicted molar refractivity (Wildman–Crippen MR) is 138 cm³/mol. The molecule has 0 radical (unpaired) electrons. The summed E-state index contributed by atoms with van der Waals surface area (Å²) in [5, 5.41) is 7.71. The molecule has 0 saturated carbocycles. The summed E-state index contributed by atoms with van der Waals surface area (Å²) in [6.45, 7) is 4.80. The molecule has 4 aromatic rings. The van der Waals surface area contributed by atoms with Gasteiger partial charge in [0.25, 0.3) is 0 Å². The highest BCUT2D eigenvalue weighted by Crippen LogP contribution is 2.19. The van der Waals surface area contributed by atoms with Gasteiger partial charge in [-0.05, 0) is 42.7 Å². The van der Waals surface area contributed by atoms with Crippen LogP contribution in [-0.4, -0.2) is 33.6 Å². The smallest absolute Gasteiger partial charge is 0.191 e. The van der Waals surface area contributed by atoms with Gasteiger partial charge in [0.05, 0.1) is 0 Å². The number of nitrogens with one attached hydrogen (secondary N) is 3. The van der Waals surface area contributed by atoms with E-state index >= 15 is 0 Å². The highest BCUT2D eigenvalue weighted by Gasteiger charge is 2.07. The number of hydrogen-bond acceptors (Lipinski definition) is 2. The molecule has 0 spiro atoms. The Labute approximate surface area is 204 Å². The number of aliphatic imine (C=N–C) groups is 1. The third-order valence-electron chi connectivity index (χ3n) is 5.14. The first-order valence-electron chi connectivity index (χ1n) is 10.5. The summed E-state index contributed by atoms with van der Waals surface area (Å²) in [6.07, 6.45) is 6.54. The highest BCUT2D eigenvalue weighted by molar-refractivity contribution is 14.0. The zero-order valence-electron chi connectivity index (χ0n) is 18.0. The molecule has 8 heteroatoms. The monoisotopic (exact) mass is 546 g/mol. The van der Waals surface area contributed by atoms with Crippen LogP contribution in [0, 0.1) is 5.82 Å². The van der Waals surface area contributed by atoms with Crippen molar-refractivity contribution in [1.82, 2.24) is 25.2 Å². The first-order chi connectivity index (χ1) is 15.2. The van der Waals surface area contributed by atoms with Gasteiger partial charge >= 0.3 is 0 Å². The Bertz CT molecular complexity index is 1150. The second-order valence-corrected chi connectivity index (χ2v) is 7.33. The number of aromatic nitrogens is 3. The van der Waals surface area contributed by atoms with Crippen molar-refractivity contribution in [1.29, 1.82) is 0 Å². The van der Waals surface area contributed by atoms with Crippen LogP contribution in [0.4, 0.5) is 4.39 Å². The average Bonchev–Trinajstić information content (AvgIpc) is 3.39. The quantitative estimate of drug-likeness (QED) is 0.174. The number of nitrogens with zero attached hydrogens (tertiary/aromatic N) is 3.